The number of aliphatic imine (C=N–C) groups is 1. The summed E-state index contributed by atoms with van der Waals surface area (Å²) < 4.78 is 36.5. The highest BCUT2D eigenvalue weighted by atomic mass is 32.2. The number of piperidine rings is 1. The number of esters is 2. The van der Waals surface area contributed by atoms with E-state index in [1.54, 1.807) is 60.4 Å². The first-order valence-electron chi connectivity index (χ1n) is 11.7. The normalized spacial score (nSPS) is 13.8. The largest absolute Gasteiger partial charge is 0.455 e. The first-order valence-corrected chi connectivity index (χ1v) is 13.6. The van der Waals surface area contributed by atoms with E-state index >= 15 is 0 Å². The van der Waals surface area contributed by atoms with Crippen molar-refractivity contribution in [1.29, 1.82) is 0 Å². The topological polar surface area (TPSA) is 192 Å². The Morgan fingerprint density at radius 2 is 1.55 bits per heavy atom. The van der Waals surface area contributed by atoms with E-state index in [1.807, 2.05) is 0 Å². The molecule has 1 amide bonds. The van der Waals surface area contributed by atoms with Gasteiger partial charge in [0.1, 0.15) is 5.75 Å². The number of ether oxygens (including phenoxy) is 2. The summed E-state index contributed by atoms with van der Waals surface area (Å²) >= 11 is 0. The molecule has 0 aromatic heterocycles. The molecule has 0 saturated carbocycles. The lowest BCUT2D eigenvalue weighted by Gasteiger charge is -2.26. The molecule has 1 aliphatic heterocycles. The van der Waals surface area contributed by atoms with E-state index in [-0.39, 0.29) is 18.5 Å². The highest BCUT2D eigenvalue weighted by Gasteiger charge is 2.21. The summed E-state index contributed by atoms with van der Waals surface area (Å²) in [7, 11) is -3.67. The summed E-state index contributed by atoms with van der Waals surface area (Å²) in [6.07, 6.45) is 3.80. The Kier molecular flexibility index (Phi) is 11.2. The Bertz CT molecular complexity index is 1230. The third kappa shape index (κ3) is 11.0. The Morgan fingerprint density at radius 3 is 2.08 bits per heavy atom. The zero-order valence-electron chi connectivity index (χ0n) is 21.2. The van der Waals surface area contributed by atoms with E-state index < -0.39 is 28.0 Å². The molecule has 1 heterocycles. The summed E-state index contributed by atoms with van der Waals surface area (Å²) in [6.45, 7) is 2.88. The molecule has 38 heavy (non-hydrogen) atoms. The van der Waals surface area contributed by atoms with Crippen LogP contribution in [0.3, 0.4) is 0 Å². The fourth-order valence-corrected chi connectivity index (χ4v) is 3.44. The molecule has 12 nitrogen and oxygen atoms in total. The Labute approximate surface area is 221 Å². The van der Waals surface area contributed by atoms with Gasteiger partial charge < -0.3 is 25.8 Å². The predicted octanol–water partition coefficient (Wildman–Crippen LogP) is 1.97. The van der Waals surface area contributed by atoms with Crippen LogP contribution in [0.5, 0.6) is 5.75 Å². The van der Waals surface area contributed by atoms with Crippen LogP contribution in [-0.2, 0) is 24.4 Å². The number of likely N-dealkylation sites (tertiary alicyclic amines) is 1. The lowest BCUT2D eigenvalue weighted by atomic mass is 10.0. The molecule has 3 rings (SSSR count). The molecule has 5 N–H and O–H groups in total. The maximum absolute atomic E-state index is 12.4. The van der Waals surface area contributed by atoms with Crippen LogP contribution in [0.15, 0.2) is 53.5 Å². The van der Waals surface area contributed by atoms with Crippen LogP contribution in [0.4, 0.5) is 5.69 Å². The molecule has 0 radical (unpaired) electrons. The van der Waals surface area contributed by atoms with Crippen LogP contribution in [-0.4, -0.2) is 67.6 Å². The maximum atomic E-state index is 12.4. The third-order valence-electron chi connectivity index (χ3n) is 5.35. The minimum atomic E-state index is -3.67. The average Bonchev–Trinajstić information content (AvgIpc) is 2.86. The highest BCUT2D eigenvalue weighted by Crippen LogP contribution is 2.22. The second-order valence-corrected chi connectivity index (χ2v) is 10.0. The molecular weight excluding hydrogens is 516 g/mol. The molecule has 0 unspecified atom stereocenters. The summed E-state index contributed by atoms with van der Waals surface area (Å²) in [5.74, 6) is -1.49. The standard InChI is InChI=1S/C24H28N4O5.CH4O3S/c1-16(22(30)32-15-21(29)28-13-3-2-4-14-28)17-7-11-20(12-8-17)33-23(31)18-5-9-19(10-6-18)27-24(25)26;1-5(2,3)4/h5-12,16H,2-4,13-15H2,1H3,(H4,25,26,27);1H3,(H,2,3,4)/t16-;/m0./s1. The molecule has 1 fully saturated rings. The summed E-state index contributed by atoms with van der Waals surface area (Å²) in [5.41, 5.74) is 12.2. The van der Waals surface area contributed by atoms with Crippen LogP contribution < -0.4 is 16.2 Å². The average molecular weight is 549 g/mol. The van der Waals surface area contributed by atoms with Crippen LogP contribution in [0, 0.1) is 0 Å². The number of benzene rings is 2. The van der Waals surface area contributed by atoms with Gasteiger partial charge in [0.2, 0.25) is 0 Å². The Hall–Kier alpha value is -3.97. The fourth-order valence-electron chi connectivity index (χ4n) is 3.44. The smallest absolute Gasteiger partial charge is 0.343 e. The molecule has 1 atom stereocenters. The van der Waals surface area contributed by atoms with Crippen molar-refractivity contribution in [3.05, 3.63) is 59.7 Å². The van der Waals surface area contributed by atoms with Gasteiger partial charge in [-0.2, -0.15) is 8.42 Å². The number of guanidine groups is 1. The van der Waals surface area contributed by atoms with Gasteiger partial charge in [0, 0.05) is 13.1 Å². The lowest BCUT2D eigenvalue weighted by Crippen LogP contribution is -2.38. The highest BCUT2D eigenvalue weighted by molar-refractivity contribution is 7.85. The molecule has 0 aliphatic carbocycles. The molecule has 1 saturated heterocycles. The number of nitrogens with two attached hydrogens (primary N) is 2. The molecular formula is C25H32N4O8S. The zero-order valence-corrected chi connectivity index (χ0v) is 22.0. The first kappa shape index (κ1) is 30.3. The third-order valence-corrected chi connectivity index (χ3v) is 5.35. The van der Waals surface area contributed by atoms with Gasteiger partial charge in [-0.05, 0) is 68.1 Å². The number of nitrogens with zero attached hydrogens (tertiary/aromatic N) is 2. The number of rotatable bonds is 7. The van der Waals surface area contributed by atoms with Crippen molar-refractivity contribution in [2.75, 3.05) is 26.0 Å². The van der Waals surface area contributed by atoms with Gasteiger partial charge in [-0.15, -0.1) is 0 Å². The quantitative estimate of drug-likeness (QED) is 0.151. The van der Waals surface area contributed by atoms with Crippen LogP contribution in [0.25, 0.3) is 0 Å². The molecule has 2 aromatic carbocycles. The van der Waals surface area contributed by atoms with Crippen molar-refractivity contribution in [2.24, 2.45) is 16.5 Å². The van der Waals surface area contributed by atoms with Gasteiger partial charge in [0.05, 0.1) is 23.4 Å². The van der Waals surface area contributed by atoms with E-state index in [4.69, 9.17) is 25.5 Å². The van der Waals surface area contributed by atoms with Gasteiger partial charge in [-0.3, -0.25) is 14.1 Å². The number of hydrogen-bond donors (Lipinski definition) is 3. The van der Waals surface area contributed by atoms with E-state index in [2.05, 4.69) is 4.99 Å². The van der Waals surface area contributed by atoms with Gasteiger partial charge in [0.25, 0.3) is 16.0 Å². The number of hydrogen-bond acceptors (Lipinski definition) is 8. The van der Waals surface area contributed by atoms with Crippen LogP contribution >= 0.6 is 0 Å². The molecule has 206 valence electrons. The molecule has 2 aromatic rings. The SMILES string of the molecule is CS(=O)(=O)O.C[C@H](C(=O)OCC(=O)N1CCCCC1)c1ccc(OC(=O)c2ccc(N=C(N)N)cc2)cc1. The number of carbonyl (C=O) groups is 3. The molecule has 0 bridgehead atoms. The van der Waals surface area contributed by atoms with Gasteiger partial charge in [-0.1, -0.05) is 12.1 Å². The van der Waals surface area contributed by atoms with Gasteiger partial charge >= 0.3 is 11.9 Å². The summed E-state index contributed by atoms with van der Waals surface area (Å²) in [6, 6.07) is 12.9. The Balaban J connectivity index is 0.000000926. The number of amides is 1. The van der Waals surface area contributed by atoms with E-state index in [0.717, 1.165) is 19.3 Å². The second-order valence-electron chi connectivity index (χ2n) is 8.55. The zero-order chi connectivity index (χ0) is 28.3. The van der Waals surface area contributed by atoms with Crippen molar-refractivity contribution >= 4 is 39.6 Å². The monoisotopic (exact) mass is 548 g/mol. The maximum Gasteiger partial charge on any atom is 0.343 e. The van der Waals surface area contributed by atoms with Gasteiger partial charge in [0.15, 0.2) is 12.6 Å². The van der Waals surface area contributed by atoms with Crippen molar-refractivity contribution in [2.45, 2.75) is 32.1 Å². The van der Waals surface area contributed by atoms with Crippen LogP contribution in [0.2, 0.25) is 0 Å². The van der Waals surface area contributed by atoms with E-state index in [1.165, 1.54) is 0 Å². The van der Waals surface area contributed by atoms with Crippen molar-refractivity contribution in [3.8, 4) is 5.75 Å². The number of carbonyl (C=O) groups excluding carboxylic acids is 3. The minimum Gasteiger partial charge on any atom is -0.455 e. The van der Waals surface area contributed by atoms with E-state index in [0.29, 0.717) is 41.9 Å². The summed E-state index contributed by atoms with van der Waals surface area (Å²) in [5, 5.41) is 0. The first-order chi connectivity index (χ1) is 17.8. The second kappa shape index (κ2) is 14.1. The molecule has 13 heteroatoms. The van der Waals surface area contributed by atoms with Crippen molar-refractivity contribution in [1.82, 2.24) is 4.90 Å². The van der Waals surface area contributed by atoms with Crippen molar-refractivity contribution in [3.63, 3.8) is 0 Å². The fraction of sp³-hybridized carbons (Fsp3) is 0.360. The van der Waals surface area contributed by atoms with Crippen molar-refractivity contribution < 1.29 is 36.8 Å². The predicted molar refractivity (Wildman–Crippen MR) is 141 cm³/mol. The van der Waals surface area contributed by atoms with Crippen LogP contribution in [0.1, 0.15) is 48.0 Å². The van der Waals surface area contributed by atoms with E-state index in [9.17, 15) is 22.8 Å². The lowest BCUT2D eigenvalue weighted by molar-refractivity contribution is -0.153. The molecule has 0 spiro atoms. The Morgan fingerprint density at radius 1 is 1.00 bits per heavy atom. The minimum absolute atomic E-state index is 0.0721. The van der Waals surface area contributed by atoms with Gasteiger partial charge in [-0.25, -0.2) is 9.79 Å². The summed E-state index contributed by atoms with van der Waals surface area (Å²) in [4.78, 5) is 42.5. The molecule has 1 aliphatic rings.